The van der Waals surface area contributed by atoms with Crippen molar-refractivity contribution in [2.45, 2.75) is 24.9 Å². The number of nitrogens with zero attached hydrogens (tertiary/aromatic N) is 1. The zero-order valence-electron chi connectivity index (χ0n) is 11.0. The van der Waals surface area contributed by atoms with Crippen molar-refractivity contribution in [2.75, 3.05) is 27.2 Å². The van der Waals surface area contributed by atoms with Gasteiger partial charge in [-0.05, 0) is 27.1 Å². The van der Waals surface area contributed by atoms with Crippen molar-refractivity contribution in [1.82, 2.24) is 10.2 Å². The van der Waals surface area contributed by atoms with Gasteiger partial charge >= 0.3 is 11.9 Å². The average molecular weight is 276 g/mol. The molecule has 1 atom stereocenters. The monoisotopic (exact) mass is 276 g/mol. The fourth-order valence-corrected chi connectivity index (χ4v) is 1.42. The molecule has 0 aromatic rings. The maximum Gasteiger partial charge on any atom is 0.336 e. The van der Waals surface area contributed by atoms with E-state index in [1.54, 1.807) is 0 Å². The van der Waals surface area contributed by atoms with Crippen molar-refractivity contribution in [3.05, 3.63) is 0 Å². The normalized spacial score (nSPS) is 13.9. The van der Waals surface area contributed by atoms with E-state index in [2.05, 4.69) is 5.32 Å². The molecule has 0 fully saturated rings. The number of amides is 1. The molecule has 4 N–H and O–H groups in total. The molecule has 0 spiro atoms. The van der Waals surface area contributed by atoms with Gasteiger partial charge in [-0.25, -0.2) is 4.79 Å². The van der Waals surface area contributed by atoms with Gasteiger partial charge in [0.1, 0.15) is 0 Å². The average Bonchev–Trinajstić information content (AvgIpc) is 2.22. The minimum atomic E-state index is -2.57. The topological polar surface area (TPSA) is 127 Å². The number of carbonyl (C=O) groups is 3. The largest absolute Gasteiger partial charge is 0.481 e. The number of carboxylic acids is 2. The lowest BCUT2D eigenvalue weighted by atomic mass is 9.95. The third-order valence-corrected chi connectivity index (χ3v) is 2.40. The highest BCUT2D eigenvalue weighted by Gasteiger charge is 2.40. The van der Waals surface area contributed by atoms with Gasteiger partial charge in [0.25, 0.3) is 0 Å². The molecule has 19 heavy (non-hydrogen) atoms. The third kappa shape index (κ3) is 7.37. The number of hydrogen-bond acceptors (Lipinski definition) is 5. The van der Waals surface area contributed by atoms with Gasteiger partial charge in [-0.15, -0.1) is 0 Å². The van der Waals surface area contributed by atoms with Gasteiger partial charge in [0.15, 0.2) is 5.60 Å². The van der Waals surface area contributed by atoms with Crippen LogP contribution in [0.2, 0.25) is 0 Å². The first kappa shape index (κ1) is 17.3. The van der Waals surface area contributed by atoms with E-state index in [1.807, 2.05) is 19.0 Å². The molecule has 1 amide bonds. The quantitative estimate of drug-likeness (QED) is 0.387. The van der Waals surface area contributed by atoms with Crippen molar-refractivity contribution >= 4 is 17.8 Å². The Labute approximate surface area is 111 Å². The Kier molecular flexibility index (Phi) is 7.02. The zero-order chi connectivity index (χ0) is 15.1. The first-order chi connectivity index (χ1) is 8.67. The van der Waals surface area contributed by atoms with E-state index in [0.717, 1.165) is 6.54 Å². The van der Waals surface area contributed by atoms with Crippen LogP contribution in [-0.4, -0.2) is 70.9 Å². The molecule has 1 unspecified atom stereocenters. The molecule has 0 aromatic carbocycles. The van der Waals surface area contributed by atoms with Crippen LogP contribution in [0.15, 0.2) is 0 Å². The summed E-state index contributed by atoms with van der Waals surface area (Å²) >= 11 is 0. The maximum absolute atomic E-state index is 11.4. The van der Waals surface area contributed by atoms with Crippen LogP contribution < -0.4 is 5.32 Å². The summed E-state index contributed by atoms with van der Waals surface area (Å²) < 4.78 is 0. The third-order valence-electron chi connectivity index (χ3n) is 2.40. The number of hydrogen-bond donors (Lipinski definition) is 4. The molecule has 0 aliphatic heterocycles. The maximum atomic E-state index is 11.4. The van der Waals surface area contributed by atoms with E-state index in [1.165, 1.54) is 0 Å². The molecule has 0 aromatic heterocycles. The standard InChI is InChI=1S/C11H20N2O6/c1-13(2)5-3-4-12-8(14)6-11(19,10(17)18)7-9(15)16/h19H,3-7H2,1-2H3,(H,12,14)(H,15,16)(H,17,18). The van der Waals surface area contributed by atoms with Crippen molar-refractivity contribution in [3.63, 3.8) is 0 Å². The Morgan fingerprint density at radius 1 is 1.16 bits per heavy atom. The smallest absolute Gasteiger partial charge is 0.336 e. The molecular weight excluding hydrogens is 256 g/mol. The van der Waals surface area contributed by atoms with Gasteiger partial charge < -0.3 is 25.5 Å². The lowest BCUT2D eigenvalue weighted by Gasteiger charge is -2.20. The van der Waals surface area contributed by atoms with Crippen molar-refractivity contribution < 1.29 is 29.7 Å². The van der Waals surface area contributed by atoms with Crippen molar-refractivity contribution in [3.8, 4) is 0 Å². The van der Waals surface area contributed by atoms with E-state index in [9.17, 15) is 19.5 Å². The van der Waals surface area contributed by atoms with Crippen LogP contribution in [0, 0.1) is 0 Å². The molecule has 0 saturated heterocycles. The predicted molar refractivity (Wildman–Crippen MR) is 65.6 cm³/mol. The number of nitrogens with one attached hydrogen (secondary N) is 1. The molecule has 8 heteroatoms. The second-order valence-electron chi connectivity index (χ2n) is 4.59. The summed E-state index contributed by atoms with van der Waals surface area (Å²) in [6, 6.07) is 0. The molecule has 8 nitrogen and oxygen atoms in total. The summed E-state index contributed by atoms with van der Waals surface area (Å²) in [7, 11) is 3.75. The fraction of sp³-hybridized carbons (Fsp3) is 0.727. The van der Waals surface area contributed by atoms with Gasteiger partial charge in [-0.3, -0.25) is 9.59 Å². The SMILES string of the molecule is CN(C)CCCNC(=O)CC(O)(CC(=O)O)C(=O)O. The van der Waals surface area contributed by atoms with Crippen LogP contribution in [0.4, 0.5) is 0 Å². The van der Waals surface area contributed by atoms with E-state index in [4.69, 9.17) is 10.2 Å². The van der Waals surface area contributed by atoms with Gasteiger partial charge in [-0.1, -0.05) is 0 Å². The molecule has 0 rings (SSSR count). The van der Waals surface area contributed by atoms with Gasteiger partial charge in [0.05, 0.1) is 12.8 Å². The first-order valence-corrected chi connectivity index (χ1v) is 5.76. The second-order valence-corrected chi connectivity index (χ2v) is 4.59. The van der Waals surface area contributed by atoms with Crippen LogP contribution in [0.1, 0.15) is 19.3 Å². The molecule has 0 radical (unpaired) electrons. The van der Waals surface area contributed by atoms with E-state index < -0.39 is 36.3 Å². The van der Waals surface area contributed by atoms with Gasteiger partial charge in [0, 0.05) is 6.54 Å². The molecule has 110 valence electrons. The van der Waals surface area contributed by atoms with Crippen LogP contribution >= 0.6 is 0 Å². The molecule has 0 bridgehead atoms. The second kappa shape index (κ2) is 7.70. The molecular formula is C11H20N2O6. The summed E-state index contributed by atoms with van der Waals surface area (Å²) in [4.78, 5) is 34.7. The Balaban J connectivity index is 4.25. The molecule has 0 aliphatic carbocycles. The summed E-state index contributed by atoms with van der Waals surface area (Å²) in [6.07, 6.45) is -1.13. The van der Waals surface area contributed by atoms with Crippen LogP contribution in [0.3, 0.4) is 0 Å². The number of carbonyl (C=O) groups excluding carboxylic acids is 1. The van der Waals surface area contributed by atoms with Gasteiger partial charge in [0.2, 0.25) is 5.91 Å². The summed E-state index contributed by atoms with van der Waals surface area (Å²) in [5.41, 5.74) is -2.57. The van der Waals surface area contributed by atoms with Crippen LogP contribution in [0.25, 0.3) is 0 Å². The summed E-state index contributed by atoms with van der Waals surface area (Å²) in [5.74, 6) is -3.89. The highest BCUT2D eigenvalue weighted by atomic mass is 16.4. The van der Waals surface area contributed by atoms with Crippen molar-refractivity contribution in [2.24, 2.45) is 0 Å². The van der Waals surface area contributed by atoms with E-state index in [0.29, 0.717) is 13.0 Å². The van der Waals surface area contributed by atoms with Crippen LogP contribution in [0.5, 0.6) is 0 Å². The van der Waals surface area contributed by atoms with Crippen LogP contribution in [-0.2, 0) is 14.4 Å². The number of carboxylic acid groups (broad SMARTS) is 2. The Morgan fingerprint density at radius 3 is 2.16 bits per heavy atom. The predicted octanol–water partition coefficient (Wildman–Crippen LogP) is -1.27. The Bertz CT molecular complexity index is 344. The van der Waals surface area contributed by atoms with Crippen molar-refractivity contribution in [1.29, 1.82) is 0 Å². The summed E-state index contributed by atoms with van der Waals surface area (Å²) in [5, 5.41) is 29.4. The van der Waals surface area contributed by atoms with E-state index in [-0.39, 0.29) is 0 Å². The fourth-order valence-electron chi connectivity index (χ4n) is 1.42. The zero-order valence-corrected chi connectivity index (χ0v) is 11.0. The first-order valence-electron chi connectivity index (χ1n) is 5.76. The van der Waals surface area contributed by atoms with E-state index >= 15 is 0 Å². The summed E-state index contributed by atoms with van der Waals surface area (Å²) in [6.45, 7) is 1.08. The molecule has 0 heterocycles. The number of rotatable bonds is 9. The highest BCUT2D eigenvalue weighted by molar-refractivity contribution is 5.90. The Hall–Kier alpha value is -1.67. The minimum Gasteiger partial charge on any atom is -0.481 e. The lowest BCUT2D eigenvalue weighted by molar-refractivity contribution is -0.167. The molecule has 0 saturated carbocycles. The Morgan fingerprint density at radius 2 is 1.74 bits per heavy atom. The minimum absolute atomic E-state index is 0.333. The highest BCUT2D eigenvalue weighted by Crippen LogP contribution is 2.15. The number of aliphatic carboxylic acids is 2. The number of aliphatic hydroxyl groups is 1. The van der Waals surface area contributed by atoms with Gasteiger partial charge in [-0.2, -0.15) is 0 Å². The lowest BCUT2D eigenvalue weighted by Crippen LogP contribution is -2.45. The molecule has 0 aliphatic rings.